The number of benzene rings is 3. The summed E-state index contributed by atoms with van der Waals surface area (Å²) in [5.74, 6) is -0.851. The minimum Gasteiger partial charge on any atom is -0.508 e. The van der Waals surface area contributed by atoms with Crippen LogP contribution in [0.1, 0.15) is 0 Å². The molecule has 1 atom stereocenters. The summed E-state index contributed by atoms with van der Waals surface area (Å²) >= 11 is 3.45. The maximum absolute atomic E-state index is 15.0. The average molecular weight is 472 g/mol. The molecule has 3 aromatic carbocycles. The zero-order valence-electron chi connectivity index (χ0n) is 15.2. The van der Waals surface area contributed by atoms with Crippen molar-refractivity contribution in [1.82, 2.24) is 4.57 Å². The molecule has 146 valence electrons. The van der Waals surface area contributed by atoms with Gasteiger partial charge in [0.15, 0.2) is 9.84 Å². The molecule has 0 aliphatic heterocycles. The van der Waals surface area contributed by atoms with E-state index in [-0.39, 0.29) is 17.2 Å². The molecule has 1 N–H and O–H groups in total. The molecular formula is C21H16BBrFNO3S. The van der Waals surface area contributed by atoms with Crippen LogP contribution in [0, 0.1) is 0 Å². The molecule has 0 amide bonds. The fourth-order valence-corrected chi connectivity index (χ4v) is 5.27. The lowest BCUT2D eigenvalue weighted by Crippen LogP contribution is -2.22. The van der Waals surface area contributed by atoms with Gasteiger partial charge >= 0.3 is 0 Å². The summed E-state index contributed by atoms with van der Waals surface area (Å²) in [7, 11) is 2.05. The van der Waals surface area contributed by atoms with E-state index in [4.69, 9.17) is 7.85 Å². The van der Waals surface area contributed by atoms with Crippen molar-refractivity contribution in [3.8, 4) is 5.75 Å². The number of nitrogens with zero attached hydrogens (tertiary/aromatic N) is 1. The SMILES string of the molecule is [B]c1ccc2c(c1)c1cc(Br)ccc1n2CC(F)CS(=O)(=O)c1cccc(O)c1. The van der Waals surface area contributed by atoms with Gasteiger partial charge in [-0.2, -0.15) is 0 Å². The van der Waals surface area contributed by atoms with Crippen LogP contribution in [0.4, 0.5) is 4.39 Å². The minimum atomic E-state index is -3.88. The number of fused-ring (bicyclic) bond motifs is 3. The van der Waals surface area contributed by atoms with Gasteiger partial charge in [0.05, 0.1) is 17.2 Å². The molecule has 2 radical (unpaired) electrons. The predicted molar refractivity (Wildman–Crippen MR) is 118 cm³/mol. The van der Waals surface area contributed by atoms with Crippen molar-refractivity contribution >= 4 is 60.9 Å². The fourth-order valence-electron chi connectivity index (χ4n) is 3.55. The van der Waals surface area contributed by atoms with E-state index in [1.54, 1.807) is 10.6 Å². The zero-order chi connectivity index (χ0) is 20.8. The number of halogens is 2. The number of phenols is 1. The number of sulfone groups is 1. The molecule has 0 saturated heterocycles. The Morgan fingerprint density at radius 3 is 2.45 bits per heavy atom. The van der Waals surface area contributed by atoms with Crippen LogP contribution in [0.15, 0.2) is 70.0 Å². The molecule has 1 heterocycles. The number of rotatable bonds is 5. The van der Waals surface area contributed by atoms with Crippen LogP contribution in [-0.2, 0) is 16.4 Å². The first-order valence-corrected chi connectivity index (χ1v) is 11.3. The highest BCUT2D eigenvalue weighted by Crippen LogP contribution is 2.31. The molecular weight excluding hydrogens is 456 g/mol. The van der Waals surface area contributed by atoms with Crippen molar-refractivity contribution in [3.05, 3.63) is 65.1 Å². The molecule has 29 heavy (non-hydrogen) atoms. The van der Waals surface area contributed by atoms with Gasteiger partial charge in [-0.25, -0.2) is 12.8 Å². The molecule has 8 heteroatoms. The number of phenolic OH excluding ortho intramolecular Hbond substituents is 1. The van der Waals surface area contributed by atoms with Gasteiger partial charge in [-0.05, 0) is 42.5 Å². The monoisotopic (exact) mass is 471 g/mol. The molecule has 0 aliphatic carbocycles. The molecule has 4 aromatic rings. The van der Waals surface area contributed by atoms with Gasteiger partial charge in [0.2, 0.25) is 0 Å². The summed E-state index contributed by atoms with van der Waals surface area (Å²) < 4.78 is 42.7. The van der Waals surface area contributed by atoms with Gasteiger partial charge in [-0.15, -0.1) is 0 Å². The van der Waals surface area contributed by atoms with Crippen LogP contribution in [-0.4, -0.2) is 37.9 Å². The maximum atomic E-state index is 15.0. The lowest BCUT2D eigenvalue weighted by Gasteiger charge is -2.13. The van der Waals surface area contributed by atoms with E-state index in [9.17, 15) is 17.9 Å². The normalized spacial score (nSPS) is 13.2. The Kier molecular flexibility index (Phi) is 5.17. The lowest BCUT2D eigenvalue weighted by molar-refractivity contribution is 0.328. The lowest BCUT2D eigenvalue weighted by atomic mass is 9.94. The van der Waals surface area contributed by atoms with Crippen molar-refractivity contribution in [2.75, 3.05) is 5.75 Å². The summed E-state index contributed by atoms with van der Waals surface area (Å²) in [5.41, 5.74) is 2.18. The third-order valence-corrected chi connectivity index (χ3v) is 7.07. The second-order valence-electron chi connectivity index (χ2n) is 6.92. The number of alkyl halides is 1. The first-order chi connectivity index (χ1) is 13.7. The van der Waals surface area contributed by atoms with Crippen molar-refractivity contribution < 1.29 is 17.9 Å². The summed E-state index contributed by atoms with van der Waals surface area (Å²) in [4.78, 5) is -0.0981. The Labute approximate surface area is 177 Å². The van der Waals surface area contributed by atoms with Crippen LogP contribution >= 0.6 is 15.9 Å². The minimum absolute atomic E-state index is 0.0981. The first-order valence-electron chi connectivity index (χ1n) is 8.87. The van der Waals surface area contributed by atoms with Crippen molar-refractivity contribution in [3.63, 3.8) is 0 Å². The summed E-state index contributed by atoms with van der Waals surface area (Å²) in [6.45, 7) is -0.121. The van der Waals surface area contributed by atoms with E-state index < -0.39 is 21.8 Å². The summed E-state index contributed by atoms with van der Waals surface area (Å²) in [5, 5.41) is 11.3. The third kappa shape index (κ3) is 3.91. The first kappa shape index (κ1) is 20.0. The Hall–Kier alpha value is -2.32. The van der Waals surface area contributed by atoms with Crippen LogP contribution in [0.2, 0.25) is 0 Å². The van der Waals surface area contributed by atoms with Crippen LogP contribution < -0.4 is 5.46 Å². The van der Waals surface area contributed by atoms with Gasteiger partial charge in [-0.1, -0.05) is 39.6 Å². The smallest absolute Gasteiger partial charge is 0.181 e. The molecule has 0 fully saturated rings. The van der Waals surface area contributed by atoms with Crippen molar-refractivity contribution in [2.24, 2.45) is 0 Å². The second-order valence-corrected chi connectivity index (χ2v) is 9.87. The Bertz CT molecular complexity index is 1280. The number of hydrogen-bond donors (Lipinski definition) is 1. The molecule has 1 aromatic heterocycles. The Morgan fingerprint density at radius 2 is 1.72 bits per heavy atom. The van der Waals surface area contributed by atoms with E-state index in [2.05, 4.69) is 15.9 Å². The summed E-state index contributed by atoms with van der Waals surface area (Å²) in [6.07, 6.45) is -1.64. The fraction of sp³-hybridized carbons (Fsp3) is 0.143. The Morgan fingerprint density at radius 1 is 1.03 bits per heavy atom. The van der Waals surface area contributed by atoms with E-state index in [1.807, 2.05) is 30.3 Å². The second kappa shape index (κ2) is 7.50. The molecule has 1 unspecified atom stereocenters. The molecule has 0 aliphatic rings. The molecule has 4 rings (SSSR count). The number of hydrogen-bond acceptors (Lipinski definition) is 3. The average Bonchev–Trinajstić information content (AvgIpc) is 2.93. The quantitative estimate of drug-likeness (QED) is 0.449. The topological polar surface area (TPSA) is 59.3 Å². The van der Waals surface area contributed by atoms with Crippen LogP contribution in [0.3, 0.4) is 0 Å². The van der Waals surface area contributed by atoms with E-state index in [1.165, 1.54) is 18.2 Å². The Balaban J connectivity index is 1.72. The van der Waals surface area contributed by atoms with Gasteiger partial charge in [-0.3, -0.25) is 0 Å². The van der Waals surface area contributed by atoms with E-state index in [0.29, 0.717) is 5.46 Å². The van der Waals surface area contributed by atoms with Crippen molar-refractivity contribution in [1.29, 1.82) is 0 Å². The van der Waals surface area contributed by atoms with Crippen molar-refractivity contribution in [2.45, 2.75) is 17.6 Å². The van der Waals surface area contributed by atoms with E-state index in [0.717, 1.165) is 32.3 Å². The van der Waals surface area contributed by atoms with Gasteiger partial charge in [0, 0.05) is 26.3 Å². The molecule has 0 saturated carbocycles. The van der Waals surface area contributed by atoms with Gasteiger partial charge in [0.25, 0.3) is 0 Å². The highest BCUT2D eigenvalue weighted by atomic mass is 79.9. The zero-order valence-corrected chi connectivity index (χ0v) is 17.6. The van der Waals surface area contributed by atoms with Gasteiger partial charge in [0.1, 0.15) is 19.8 Å². The largest absolute Gasteiger partial charge is 0.508 e. The standard InChI is InChI=1S/C21H16BBrFNO3S/c22-13-4-6-20-18(8-13)19-9-14(23)5-7-21(19)25(20)11-15(24)12-29(27,28)17-3-1-2-16(26)10-17/h1-10,15,26H,11-12H2. The highest BCUT2D eigenvalue weighted by molar-refractivity contribution is 9.10. The third-order valence-electron chi connectivity index (χ3n) is 4.81. The van der Waals surface area contributed by atoms with E-state index >= 15 is 0 Å². The number of aromatic hydroxyl groups is 1. The highest BCUT2D eigenvalue weighted by Gasteiger charge is 2.23. The molecule has 0 bridgehead atoms. The molecule has 0 spiro atoms. The van der Waals surface area contributed by atoms with Gasteiger partial charge < -0.3 is 9.67 Å². The maximum Gasteiger partial charge on any atom is 0.181 e. The van der Waals surface area contributed by atoms with Crippen LogP contribution in [0.5, 0.6) is 5.75 Å². The van der Waals surface area contributed by atoms with Crippen LogP contribution in [0.25, 0.3) is 21.8 Å². The number of aromatic nitrogens is 1. The molecule has 4 nitrogen and oxygen atoms in total. The summed E-state index contributed by atoms with van der Waals surface area (Å²) in [6, 6.07) is 16.3. The predicted octanol–water partition coefficient (Wildman–Crippen LogP) is 3.87.